The van der Waals surface area contributed by atoms with E-state index in [1.54, 1.807) is 12.1 Å². The van der Waals surface area contributed by atoms with Gasteiger partial charge in [-0.05, 0) is 64.2 Å². The van der Waals surface area contributed by atoms with Crippen LogP contribution in [0.3, 0.4) is 0 Å². The summed E-state index contributed by atoms with van der Waals surface area (Å²) in [5.74, 6) is -0.0152. The topological polar surface area (TPSA) is 77.8 Å². The largest absolute Gasteiger partial charge is 0.361 e. The number of H-pyrrole nitrogens is 2. The molecule has 0 aliphatic heterocycles. The van der Waals surface area contributed by atoms with Crippen molar-refractivity contribution in [3.05, 3.63) is 144 Å². The predicted molar refractivity (Wildman–Crippen MR) is 163 cm³/mol. The van der Waals surface area contributed by atoms with Gasteiger partial charge in [-0.2, -0.15) is 0 Å². The highest BCUT2D eigenvalue weighted by molar-refractivity contribution is 7.92. The summed E-state index contributed by atoms with van der Waals surface area (Å²) in [4.78, 5) is 7.10. The van der Waals surface area contributed by atoms with Crippen molar-refractivity contribution in [2.24, 2.45) is 0 Å². The van der Waals surface area contributed by atoms with E-state index in [1.165, 1.54) is 11.1 Å². The van der Waals surface area contributed by atoms with Gasteiger partial charge in [0.05, 0.1) is 10.6 Å². The molecule has 0 saturated heterocycles. The second kappa shape index (κ2) is 9.74. The first-order valence-electron chi connectivity index (χ1n) is 13.3. The SMILES string of the molecule is O=S(=O)(Nc1ccccc1CC(c1c[nH]c2ccccc12)c1c[nH]c2ccccc12)c1ccc2ccccc2c1. The number of aromatic nitrogens is 2. The van der Waals surface area contributed by atoms with Crippen molar-refractivity contribution >= 4 is 48.3 Å². The molecular formula is C34H27N3O2S. The van der Waals surface area contributed by atoms with Gasteiger partial charge < -0.3 is 9.97 Å². The van der Waals surface area contributed by atoms with Gasteiger partial charge >= 0.3 is 0 Å². The first-order valence-corrected chi connectivity index (χ1v) is 14.8. The van der Waals surface area contributed by atoms with Crippen LogP contribution in [0.15, 0.2) is 133 Å². The first kappa shape index (κ1) is 24.2. The molecule has 5 nitrogen and oxygen atoms in total. The smallest absolute Gasteiger partial charge is 0.261 e. The number of benzene rings is 5. The molecule has 40 heavy (non-hydrogen) atoms. The molecule has 5 aromatic carbocycles. The van der Waals surface area contributed by atoms with Gasteiger partial charge in [0.2, 0.25) is 0 Å². The molecule has 0 bridgehead atoms. The summed E-state index contributed by atoms with van der Waals surface area (Å²) in [6.07, 6.45) is 4.78. The van der Waals surface area contributed by atoms with Crippen molar-refractivity contribution in [3.8, 4) is 0 Å². The molecule has 0 radical (unpaired) electrons. The van der Waals surface area contributed by atoms with Crippen LogP contribution in [0.1, 0.15) is 22.6 Å². The summed E-state index contributed by atoms with van der Waals surface area (Å²) in [6, 6.07) is 37.3. The molecule has 7 aromatic rings. The zero-order chi connectivity index (χ0) is 27.1. The fourth-order valence-corrected chi connectivity index (χ4v) is 6.84. The van der Waals surface area contributed by atoms with Crippen molar-refractivity contribution in [2.75, 3.05) is 4.72 Å². The van der Waals surface area contributed by atoms with Gasteiger partial charge in [0, 0.05) is 40.1 Å². The van der Waals surface area contributed by atoms with Gasteiger partial charge in [-0.15, -0.1) is 0 Å². The van der Waals surface area contributed by atoms with Crippen molar-refractivity contribution in [1.82, 2.24) is 9.97 Å². The third kappa shape index (κ3) is 4.32. The Kier molecular flexibility index (Phi) is 5.90. The zero-order valence-corrected chi connectivity index (χ0v) is 22.5. The Labute approximate surface area is 232 Å². The normalized spacial score (nSPS) is 12.0. The third-order valence-electron chi connectivity index (χ3n) is 7.71. The fraction of sp³-hybridized carbons (Fsp3) is 0.0588. The Hall–Kier alpha value is -4.81. The van der Waals surface area contributed by atoms with Crippen LogP contribution >= 0.6 is 0 Å². The number of anilines is 1. The summed E-state index contributed by atoms with van der Waals surface area (Å²) in [7, 11) is -3.80. The molecule has 0 saturated carbocycles. The van der Waals surface area contributed by atoms with Crippen molar-refractivity contribution in [2.45, 2.75) is 17.2 Å². The zero-order valence-electron chi connectivity index (χ0n) is 21.6. The van der Waals surface area contributed by atoms with E-state index in [0.717, 1.165) is 38.1 Å². The Bertz CT molecular complexity index is 2030. The summed E-state index contributed by atoms with van der Waals surface area (Å²) >= 11 is 0. The van der Waals surface area contributed by atoms with Gasteiger partial charge in [-0.3, -0.25) is 4.72 Å². The Morgan fingerprint density at radius 2 is 1.20 bits per heavy atom. The van der Waals surface area contributed by atoms with E-state index in [4.69, 9.17) is 0 Å². The lowest BCUT2D eigenvalue weighted by molar-refractivity contribution is 0.601. The van der Waals surface area contributed by atoms with Crippen LogP contribution in [0.2, 0.25) is 0 Å². The number of fused-ring (bicyclic) bond motifs is 3. The quantitative estimate of drug-likeness (QED) is 0.191. The van der Waals surface area contributed by atoms with E-state index in [9.17, 15) is 8.42 Å². The predicted octanol–water partition coefficient (Wildman–Crippen LogP) is 7.98. The van der Waals surface area contributed by atoms with E-state index in [2.05, 4.69) is 63.5 Å². The minimum Gasteiger partial charge on any atom is -0.361 e. The summed E-state index contributed by atoms with van der Waals surface area (Å²) in [5.41, 5.74) is 6.01. The van der Waals surface area contributed by atoms with Crippen LogP contribution in [-0.4, -0.2) is 18.4 Å². The summed E-state index contributed by atoms with van der Waals surface area (Å²) < 4.78 is 30.0. The fourth-order valence-electron chi connectivity index (χ4n) is 5.71. The van der Waals surface area contributed by atoms with E-state index >= 15 is 0 Å². The Morgan fingerprint density at radius 1 is 0.625 bits per heavy atom. The maximum Gasteiger partial charge on any atom is 0.261 e. The minimum absolute atomic E-state index is 0.0152. The highest BCUT2D eigenvalue weighted by Crippen LogP contribution is 2.38. The van der Waals surface area contributed by atoms with E-state index in [0.29, 0.717) is 12.1 Å². The average Bonchev–Trinajstić information content (AvgIpc) is 3.61. The first-order chi connectivity index (χ1) is 19.6. The molecule has 2 heterocycles. The number of para-hydroxylation sites is 3. The highest BCUT2D eigenvalue weighted by Gasteiger charge is 2.24. The molecule has 3 N–H and O–H groups in total. The molecule has 6 heteroatoms. The van der Waals surface area contributed by atoms with Gasteiger partial charge in [-0.1, -0.05) is 84.9 Å². The van der Waals surface area contributed by atoms with Gasteiger partial charge in [-0.25, -0.2) is 8.42 Å². The van der Waals surface area contributed by atoms with E-state index in [-0.39, 0.29) is 10.8 Å². The molecule has 0 aliphatic carbocycles. The Morgan fingerprint density at radius 3 is 1.90 bits per heavy atom. The van der Waals surface area contributed by atoms with Gasteiger partial charge in [0.1, 0.15) is 0 Å². The number of nitrogens with one attached hydrogen (secondary N) is 3. The van der Waals surface area contributed by atoms with Crippen LogP contribution < -0.4 is 4.72 Å². The maximum absolute atomic E-state index is 13.6. The molecule has 0 fully saturated rings. The van der Waals surface area contributed by atoms with Crippen LogP contribution in [0, 0.1) is 0 Å². The summed E-state index contributed by atoms with van der Waals surface area (Å²) in [6.45, 7) is 0. The maximum atomic E-state index is 13.6. The van der Waals surface area contributed by atoms with Crippen LogP contribution in [0.4, 0.5) is 5.69 Å². The average molecular weight is 542 g/mol. The number of rotatable bonds is 7. The molecule has 2 aromatic heterocycles. The lowest BCUT2D eigenvalue weighted by Crippen LogP contribution is -2.15. The monoisotopic (exact) mass is 541 g/mol. The number of sulfonamides is 1. The van der Waals surface area contributed by atoms with Crippen LogP contribution in [0.5, 0.6) is 0 Å². The van der Waals surface area contributed by atoms with Gasteiger partial charge in [0.25, 0.3) is 10.0 Å². The number of hydrogen-bond acceptors (Lipinski definition) is 2. The van der Waals surface area contributed by atoms with E-state index < -0.39 is 10.0 Å². The molecule has 0 atom stereocenters. The van der Waals surface area contributed by atoms with Crippen molar-refractivity contribution < 1.29 is 8.42 Å². The third-order valence-corrected chi connectivity index (χ3v) is 9.07. The molecule has 0 amide bonds. The molecule has 7 rings (SSSR count). The molecule has 0 aliphatic rings. The lowest BCUT2D eigenvalue weighted by Gasteiger charge is -2.20. The molecular weight excluding hydrogens is 514 g/mol. The number of aromatic amines is 2. The van der Waals surface area contributed by atoms with Crippen molar-refractivity contribution in [3.63, 3.8) is 0 Å². The molecule has 196 valence electrons. The van der Waals surface area contributed by atoms with Crippen molar-refractivity contribution in [1.29, 1.82) is 0 Å². The Balaban J connectivity index is 1.30. The standard InChI is InChI=1S/C34H27N3O2S/c38-40(39,26-18-17-23-9-1-2-10-24(23)19-26)37-32-14-6-3-11-25(32)20-29(30-21-35-33-15-7-4-12-27(30)33)31-22-36-34-16-8-5-13-28(31)34/h1-19,21-22,29,35-37H,20H2. The molecule has 0 spiro atoms. The van der Waals surface area contributed by atoms with Gasteiger partial charge in [0.15, 0.2) is 0 Å². The second-order valence-corrected chi connectivity index (χ2v) is 11.8. The number of hydrogen-bond donors (Lipinski definition) is 3. The minimum atomic E-state index is -3.80. The second-order valence-electron chi connectivity index (χ2n) is 10.1. The lowest BCUT2D eigenvalue weighted by atomic mass is 9.85. The van der Waals surface area contributed by atoms with Crippen LogP contribution in [0.25, 0.3) is 32.6 Å². The molecule has 0 unspecified atom stereocenters. The summed E-state index contributed by atoms with van der Waals surface area (Å²) in [5, 5.41) is 4.21. The van der Waals surface area contributed by atoms with Crippen LogP contribution in [-0.2, 0) is 16.4 Å². The highest BCUT2D eigenvalue weighted by atomic mass is 32.2. The van der Waals surface area contributed by atoms with E-state index in [1.807, 2.05) is 66.7 Å².